The van der Waals surface area contributed by atoms with E-state index in [2.05, 4.69) is 29.7 Å². The van der Waals surface area contributed by atoms with E-state index in [0.717, 1.165) is 30.1 Å². The molecular weight excluding hydrogens is 324 g/mol. The Morgan fingerprint density at radius 3 is 3.25 bits per heavy atom. The van der Waals surface area contributed by atoms with Gasteiger partial charge in [-0.25, -0.2) is 14.1 Å². The Bertz CT molecular complexity index is 752. The topological polar surface area (TPSA) is 102 Å². The highest BCUT2D eigenvalue weighted by Crippen LogP contribution is 2.17. The van der Waals surface area contributed by atoms with Crippen molar-refractivity contribution in [3.63, 3.8) is 0 Å². The number of nitriles is 1. The fraction of sp³-hybridized carbons (Fsp3) is 0.333. The quantitative estimate of drug-likeness (QED) is 0.184. The van der Waals surface area contributed by atoms with Gasteiger partial charge in [-0.05, 0) is 31.6 Å². The minimum Gasteiger partial charge on any atom is -0.337 e. The van der Waals surface area contributed by atoms with Crippen molar-refractivity contribution in [1.82, 2.24) is 24.9 Å². The summed E-state index contributed by atoms with van der Waals surface area (Å²) in [6, 6.07) is 0.0929. The van der Waals surface area contributed by atoms with E-state index in [9.17, 15) is 0 Å². The molecule has 1 aliphatic carbocycles. The lowest BCUT2D eigenvalue weighted by Gasteiger charge is -2.15. The Hall–Kier alpha value is -2.57. The largest absolute Gasteiger partial charge is 0.337 e. The molecular formula is C15H18N8S. The second-order valence-corrected chi connectivity index (χ2v) is 5.96. The Kier molecular flexibility index (Phi) is 5.30. The molecule has 1 atom stereocenters. The Morgan fingerprint density at radius 2 is 2.46 bits per heavy atom. The minimum atomic E-state index is 0.0929. The van der Waals surface area contributed by atoms with Crippen molar-refractivity contribution in [2.75, 3.05) is 6.54 Å². The molecule has 3 N–H and O–H groups in total. The molecule has 1 unspecified atom stereocenters. The molecule has 0 radical (unpaired) electrons. The first-order valence-electron chi connectivity index (χ1n) is 7.59. The maximum absolute atomic E-state index is 8.89. The van der Waals surface area contributed by atoms with Crippen molar-refractivity contribution >= 4 is 23.8 Å². The second-order valence-electron chi connectivity index (χ2n) is 5.36. The van der Waals surface area contributed by atoms with Crippen LogP contribution in [0.2, 0.25) is 0 Å². The number of guanidine groups is 1. The fourth-order valence-electron chi connectivity index (χ4n) is 2.34. The van der Waals surface area contributed by atoms with Crippen LogP contribution in [0.25, 0.3) is 0 Å². The van der Waals surface area contributed by atoms with Crippen molar-refractivity contribution in [2.24, 2.45) is 9.39 Å². The lowest BCUT2D eigenvalue weighted by atomic mass is 10.1. The summed E-state index contributed by atoms with van der Waals surface area (Å²) < 4.78 is 9.47. The first-order chi connectivity index (χ1) is 11.7. The zero-order valence-corrected chi connectivity index (χ0v) is 14.0. The number of rotatable bonds is 5. The first kappa shape index (κ1) is 16.3. The molecule has 1 aromatic rings. The lowest BCUT2D eigenvalue weighted by Crippen LogP contribution is -2.36. The Morgan fingerprint density at radius 1 is 1.54 bits per heavy atom. The van der Waals surface area contributed by atoms with E-state index in [-0.39, 0.29) is 6.04 Å². The molecule has 3 rings (SSSR count). The van der Waals surface area contributed by atoms with Crippen LogP contribution in [-0.4, -0.2) is 33.8 Å². The molecule has 0 fully saturated rings. The third-order valence-electron chi connectivity index (χ3n) is 3.47. The minimum absolute atomic E-state index is 0.0929. The highest BCUT2D eigenvalue weighted by atomic mass is 32.2. The van der Waals surface area contributed by atoms with Crippen LogP contribution in [0.4, 0.5) is 0 Å². The molecule has 24 heavy (non-hydrogen) atoms. The average molecular weight is 342 g/mol. The Labute approximate surface area is 144 Å². The van der Waals surface area contributed by atoms with Gasteiger partial charge in [-0.15, -0.1) is 0 Å². The summed E-state index contributed by atoms with van der Waals surface area (Å²) in [5.41, 5.74) is 2.87. The van der Waals surface area contributed by atoms with E-state index in [1.54, 1.807) is 0 Å². The van der Waals surface area contributed by atoms with E-state index in [1.165, 1.54) is 12.1 Å². The highest BCUT2D eigenvalue weighted by Gasteiger charge is 2.20. The molecule has 2 heterocycles. The summed E-state index contributed by atoms with van der Waals surface area (Å²) >= 11 is 1.34. The first-order valence-corrected chi connectivity index (χ1v) is 8.36. The summed E-state index contributed by atoms with van der Waals surface area (Å²) in [6.07, 6.45) is 12.5. The van der Waals surface area contributed by atoms with Gasteiger partial charge in [0.1, 0.15) is 0 Å². The van der Waals surface area contributed by atoms with Crippen molar-refractivity contribution in [1.29, 1.82) is 5.26 Å². The standard InChI is InChI=1S/C15H18N8S/c1-11-8-23(10-19-11)6-2-5-17-15(18-9-16)20-12-3-4-13-14(7-12)22-24-21-13/h3-4,7-8,10,14,22H,2,5-6H2,1H3,(H2,17,18,20). The zero-order valence-electron chi connectivity index (χ0n) is 13.2. The number of nitrogens with one attached hydrogen (secondary N) is 3. The lowest BCUT2D eigenvalue weighted by molar-refractivity contribution is 0.649. The van der Waals surface area contributed by atoms with Crippen LogP contribution >= 0.6 is 12.1 Å². The average Bonchev–Trinajstić information content (AvgIpc) is 3.20. The smallest absolute Gasteiger partial charge is 0.209 e. The second kappa shape index (κ2) is 7.81. The fourth-order valence-corrected chi connectivity index (χ4v) is 2.97. The maximum atomic E-state index is 8.89. The number of allylic oxidation sites excluding steroid dienone is 1. The maximum Gasteiger partial charge on any atom is 0.209 e. The summed E-state index contributed by atoms with van der Waals surface area (Å²) in [7, 11) is 0. The molecule has 0 saturated carbocycles. The van der Waals surface area contributed by atoms with Gasteiger partial charge in [-0.1, -0.05) is 0 Å². The molecule has 0 bridgehead atoms. The number of hydrogen-bond donors (Lipinski definition) is 3. The van der Waals surface area contributed by atoms with E-state index in [0.29, 0.717) is 12.5 Å². The molecule has 0 amide bonds. The number of aryl methyl sites for hydroxylation is 2. The summed E-state index contributed by atoms with van der Waals surface area (Å²) in [4.78, 5) is 8.61. The van der Waals surface area contributed by atoms with Crippen LogP contribution in [0.5, 0.6) is 0 Å². The Balaban J connectivity index is 1.53. The monoisotopic (exact) mass is 342 g/mol. The van der Waals surface area contributed by atoms with E-state index in [1.807, 2.05) is 48.4 Å². The van der Waals surface area contributed by atoms with Crippen molar-refractivity contribution < 1.29 is 0 Å². The zero-order chi connectivity index (χ0) is 16.8. The van der Waals surface area contributed by atoms with Crippen molar-refractivity contribution in [3.8, 4) is 6.19 Å². The van der Waals surface area contributed by atoms with Crippen LogP contribution in [-0.2, 0) is 6.54 Å². The number of hydrogen-bond acceptors (Lipinski definition) is 6. The van der Waals surface area contributed by atoms with Crippen LogP contribution < -0.4 is 15.4 Å². The molecule has 0 spiro atoms. The summed E-state index contributed by atoms with van der Waals surface area (Å²) in [6.45, 7) is 3.41. The van der Waals surface area contributed by atoms with Gasteiger partial charge in [0.2, 0.25) is 5.96 Å². The molecule has 124 valence electrons. The number of nitrogens with zero attached hydrogens (tertiary/aromatic N) is 5. The van der Waals surface area contributed by atoms with Gasteiger partial charge in [0.25, 0.3) is 0 Å². The summed E-state index contributed by atoms with van der Waals surface area (Å²) in [5.74, 6) is 0.446. The van der Waals surface area contributed by atoms with E-state index < -0.39 is 0 Å². The van der Waals surface area contributed by atoms with E-state index in [4.69, 9.17) is 5.26 Å². The van der Waals surface area contributed by atoms with Crippen molar-refractivity contribution in [2.45, 2.75) is 25.9 Å². The molecule has 1 aliphatic heterocycles. The van der Waals surface area contributed by atoms with Crippen LogP contribution in [0, 0.1) is 18.4 Å². The van der Waals surface area contributed by atoms with Gasteiger partial charge in [0.15, 0.2) is 6.19 Å². The molecule has 2 aliphatic rings. The van der Waals surface area contributed by atoms with Crippen molar-refractivity contribution in [3.05, 3.63) is 42.1 Å². The third-order valence-corrected chi connectivity index (χ3v) is 4.13. The van der Waals surface area contributed by atoms with Gasteiger partial charge in [0.05, 0.1) is 35.9 Å². The SMILES string of the molecule is Cc1cn(CCCN=C(NC#N)NC2=CC3NSN=C3C=C2)cn1. The van der Waals surface area contributed by atoms with Crippen LogP contribution in [0.15, 0.2) is 45.8 Å². The van der Waals surface area contributed by atoms with Gasteiger partial charge in [-0.3, -0.25) is 10.3 Å². The van der Waals surface area contributed by atoms with E-state index >= 15 is 0 Å². The van der Waals surface area contributed by atoms with Crippen LogP contribution in [0.1, 0.15) is 12.1 Å². The molecule has 8 nitrogen and oxygen atoms in total. The molecule has 1 aromatic heterocycles. The van der Waals surface area contributed by atoms with Crippen LogP contribution in [0.3, 0.4) is 0 Å². The highest BCUT2D eigenvalue weighted by molar-refractivity contribution is 7.96. The van der Waals surface area contributed by atoms with Gasteiger partial charge in [0, 0.05) is 25.0 Å². The molecule has 9 heteroatoms. The number of aromatic nitrogens is 2. The van der Waals surface area contributed by atoms with Gasteiger partial charge >= 0.3 is 0 Å². The predicted molar refractivity (Wildman–Crippen MR) is 94.9 cm³/mol. The third kappa shape index (κ3) is 4.24. The number of aliphatic imine (C=N–C) groups is 1. The van der Waals surface area contributed by atoms with Gasteiger partial charge < -0.3 is 9.88 Å². The molecule has 0 saturated heterocycles. The van der Waals surface area contributed by atoms with Gasteiger partial charge in [-0.2, -0.15) is 5.26 Å². The number of imidazole rings is 1. The normalized spacial score (nSPS) is 19.3. The summed E-state index contributed by atoms with van der Waals surface area (Å²) in [5, 5.41) is 14.6. The molecule has 0 aromatic carbocycles. The number of fused-ring (bicyclic) bond motifs is 1. The predicted octanol–water partition coefficient (Wildman–Crippen LogP) is 1.03.